The van der Waals surface area contributed by atoms with E-state index in [4.69, 9.17) is 0 Å². The maximum Gasteiger partial charge on any atom is 0.251 e. The molecule has 1 aromatic heterocycles. The molecule has 0 bridgehead atoms. The van der Waals surface area contributed by atoms with Crippen LogP contribution in [0.15, 0.2) is 6.07 Å². The third-order valence-corrected chi connectivity index (χ3v) is 2.92. The van der Waals surface area contributed by atoms with E-state index in [2.05, 4.69) is 10.3 Å². The summed E-state index contributed by atoms with van der Waals surface area (Å²) in [5.41, 5.74) is 0. The number of pyridine rings is 1. The van der Waals surface area contributed by atoms with Gasteiger partial charge in [0.25, 0.3) is 5.95 Å². The molecule has 0 aliphatic heterocycles. The SMILES string of the molecule is CC(CCS(C)=O)Nc1nc(F)c(F)cc1F. The van der Waals surface area contributed by atoms with Crippen molar-refractivity contribution >= 4 is 16.6 Å². The van der Waals surface area contributed by atoms with E-state index in [1.54, 1.807) is 13.2 Å². The minimum atomic E-state index is -1.35. The minimum Gasteiger partial charge on any atom is -0.365 e. The van der Waals surface area contributed by atoms with Gasteiger partial charge in [0, 0.05) is 34.9 Å². The number of rotatable bonds is 5. The maximum atomic E-state index is 13.2. The highest BCUT2D eigenvalue weighted by Gasteiger charge is 2.13. The van der Waals surface area contributed by atoms with Gasteiger partial charge in [-0.05, 0) is 13.3 Å². The first-order valence-corrected chi connectivity index (χ1v) is 6.71. The van der Waals surface area contributed by atoms with E-state index >= 15 is 0 Å². The summed E-state index contributed by atoms with van der Waals surface area (Å²) in [7, 11) is -0.946. The summed E-state index contributed by atoms with van der Waals surface area (Å²) in [5.74, 6) is -3.51. The number of hydrogen-bond acceptors (Lipinski definition) is 3. The summed E-state index contributed by atoms with van der Waals surface area (Å²) in [6, 6.07) is 0.209. The molecule has 1 aromatic rings. The zero-order chi connectivity index (χ0) is 13.0. The van der Waals surface area contributed by atoms with Gasteiger partial charge in [-0.3, -0.25) is 4.21 Å². The second-order valence-corrected chi connectivity index (χ2v) is 5.26. The normalized spacial score (nSPS) is 14.4. The summed E-state index contributed by atoms with van der Waals surface area (Å²) >= 11 is 0. The number of nitrogens with zero attached hydrogens (tertiary/aromatic N) is 1. The molecule has 0 saturated heterocycles. The first-order valence-electron chi connectivity index (χ1n) is 4.98. The second kappa shape index (κ2) is 6.00. The van der Waals surface area contributed by atoms with Crippen molar-refractivity contribution in [3.05, 3.63) is 23.6 Å². The quantitative estimate of drug-likeness (QED) is 0.830. The Kier molecular flexibility index (Phi) is 4.92. The molecule has 17 heavy (non-hydrogen) atoms. The molecule has 1 heterocycles. The Hall–Kier alpha value is -1.11. The Morgan fingerprint density at radius 3 is 2.65 bits per heavy atom. The van der Waals surface area contributed by atoms with Crippen LogP contribution in [-0.2, 0) is 10.8 Å². The smallest absolute Gasteiger partial charge is 0.251 e. The van der Waals surface area contributed by atoms with Gasteiger partial charge in [0.1, 0.15) is 0 Å². The monoisotopic (exact) mass is 266 g/mol. The molecular formula is C10H13F3N2OS. The number of nitrogens with one attached hydrogen (secondary N) is 1. The van der Waals surface area contributed by atoms with Crippen LogP contribution in [0.25, 0.3) is 0 Å². The lowest BCUT2D eigenvalue weighted by atomic mass is 10.2. The number of anilines is 1. The molecule has 0 saturated carbocycles. The van der Waals surface area contributed by atoms with Crippen LogP contribution in [0.3, 0.4) is 0 Å². The molecule has 0 spiro atoms. The van der Waals surface area contributed by atoms with Crippen LogP contribution in [0.1, 0.15) is 13.3 Å². The second-order valence-electron chi connectivity index (χ2n) is 3.70. The van der Waals surface area contributed by atoms with Crippen molar-refractivity contribution in [3.8, 4) is 0 Å². The lowest BCUT2D eigenvalue weighted by Gasteiger charge is -2.14. The highest BCUT2D eigenvalue weighted by atomic mass is 32.2. The van der Waals surface area contributed by atoms with Crippen LogP contribution in [0, 0.1) is 17.6 Å². The molecule has 3 nitrogen and oxygen atoms in total. The van der Waals surface area contributed by atoms with E-state index in [0.29, 0.717) is 18.2 Å². The van der Waals surface area contributed by atoms with Crippen LogP contribution >= 0.6 is 0 Å². The Morgan fingerprint density at radius 2 is 2.06 bits per heavy atom. The molecule has 0 aromatic carbocycles. The van der Waals surface area contributed by atoms with Crippen molar-refractivity contribution < 1.29 is 17.4 Å². The molecular weight excluding hydrogens is 253 g/mol. The molecule has 0 aliphatic rings. The van der Waals surface area contributed by atoms with Crippen molar-refractivity contribution in [2.75, 3.05) is 17.3 Å². The van der Waals surface area contributed by atoms with Crippen molar-refractivity contribution in [2.45, 2.75) is 19.4 Å². The van der Waals surface area contributed by atoms with E-state index in [-0.39, 0.29) is 11.9 Å². The average Bonchev–Trinajstić information content (AvgIpc) is 2.23. The lowest BCUT2D eigenvalue weighted by Crippen LogP contribution is -2.20. The van der Waals surface area contributed by atoms with Gasteiger partial charge in [0.2, 0.25) is 0 Å². The van der Waals surface area contributed by atoms with Crippen molar-refractivity contribution in [2.24, 2.45) is 0 Å². The van der Waals surface area contributed by atoms with Gasteiger partial charge in [0.15, 0.2) is 17.5 Å². The summed E-state index contributed by atoms with van der Waals surface area (Å²) in [6.07, 6.45) is 2.08. The van der Waals surface area contributed by atoms with E-state index in [0.717, 1.165) is 0 Å². The summed E-state index contributed by atoms with van der Waals surface area (Å²) in [5, 5.41) is 2.61. The number of aromatic nitrogens is 1. The van der Waals surface area contributed by atoms with E-state index in [1.165, 1.54) is 0 Å². The van der Waals surface area contributed by atoms with Gasteiger partial charge in [-0.1, -0.05) is 0 Å². The van der Waals surface area contributed by atoms with E-state index in [9.17, 15) is 17.4 Å². The largest absolute Gasteiger partial charge is 0.365 e. The van der Waals surface area contributed by atoms with Crippen LogP contribution in [0.5, 0.6) is 0 Å². The molecule has 0 fully saturated rings. The van der Waals surface area contributed by atoms with Crippen molar-refractivity contribution in [3.63, 3.8) is 0 Å². The predicted molar refractivity (Wildman–Crippen MR) is 60.7 cm³/mol. The van der Waals surface area contributed by atoms with Crippen LogP contribution in [-0.4, -0.2) is 27.2 Å². The molecule has 7 heteroatoms. The molecule has 0 amide bonds. The predicted octanol–water partition coefficient (Wildman–Crippen LogP) is 2.07. The van der Waals surface area contributed by atoms with Crippen LogP contribution < -0.4 is 5.32 Å². The summed E-state index contributed by atoms with van der Waals surface area (Å²) < 4.78 is 49.4. The van der Waals surface area contributed by atoms with Gasteiger partial charge in [0.05, 0.1) is 0 Å². The van der Waals surface area contributed by atoms with Gasteiger partial charge < -0.3 is 5.32 Å². The first kappa shape index (κ1) is 14.0. The third kappa shape index (κ3) is 4.33. The van der Waals surface area contributed by atoms with Gasteiger partial charge in [-0.15, -0.1) is 0 Å². The van der Waals surface area contributed by atoms with E-state index < -0.39 is 28.4 Å². The zero-order valence-electron chi connectivity index (χ0n) is 9.47. The molecule has 96 valence electrons. The molecule has 0 aliphatic carbocycles. The molecule has 0 radical (unpaired) electrons. The number of hydrogen-bond donors (Lipinski definition) is 1. The van der Waals surface area contributed by atoms with Crippen LogP contribution in [0.2, 0.25) is 0 Å². The molecule has 1 N–H and O–H groups in total. The summed E-state index contributed by atoms with van der Waals surface area (Å²) in [4.78, 5) is 3.14. The fourth-order valence-electron chi connectivity index (χ4n) is 1.19. The Labute approximate surface area is 99.9 Å². The fraction of sp³-hybridized carbons (Fsp3) is 0.500. The maximum absolute atomic E-state index is 13.2. The lowest BCUT2D eigenvalue weighted by molar-refractivity contribution is 0.465. The molecule has 2 unspecified atom stereocenters. The standard InChI is InChI=1S/C10H13F3N2OS/c1-6(3-4-17(2)16)14-10-8(12)5-7(11)9(13)15-10/h5-6H,3-4H2,1-2H3,(H,14,15). The first-order chi connectivity index (χ1) is 7.90. The van der Waals surface area contributed by atoms with Crippen LogP contribution in [0.4, 0.5) is 19.0 Å². The van der Waals surface area contributed by atoms with Gasteiger partial charge >= 0.3 is 0 Å². The Bertz CT molecular complexity index is 428. The number of halogens is 3. The third-order valence-electron chi connectivity index (χ3n) is 2.11. The molecule has 2 atom stereocenters. The fourth-order valence-corrected chi connectivity index (χ4v) is 1.88. The van der Waals surface area contributed by atoms with Gasteiger partial charge in [-0.25, -0.2) is 8.78 Å². The highest BCUT2D eigenvalue weighted by molar-refractivity contribution is 7.84. The Morgan fingerprint density at radius 1 is 1.41 bits per heavy atom. The Balaban J connectivity index is 2.68. The topological polar surface area (TPSA) is 42.0 Å². The van der Waals surface area contributed by atoms with Gasteiger partial charge in [-0.2, -0.15) is 9.37 Å². The van der Waals surface area contributed by atoms with E-state index in [1.807, 2.05) is 0 Å². The zero-order valence-corrected chi connectivity index (χ0v) is 10.3. The minimum absolute atomic E-state index is 0.231. The van der Waals surface area contributed by atoms with Crippen molar-refractivity contribution in [1.29, 1.82) is 0 Å². The molecule has 1 rings (SSSR count). The van der Waals surface area contributed by atoms with Crippen molar-refractivity contribution in [1.82, 2.24) is 4.98 Å². The average molecular weight is 266 g/mol. The summed E-state index contributed by atoms with van der Waals surface area (Å²) in [6.45, 7) is 1.72. The highest BCUT2D eigenvalue weighted by Crippen LogP contribution is 2.15.